The van der Waals surface area contributed by atoms with Crippen LogP contribution >= 0.6 is 0 Å². The van der Waals surface area contributed by atoms with Gasteiger partial charge < -0.3 is 4.57 Å². The zero-order valence-electron chi connectivity index (χ0n) is 7.78. The summed E-state index contributed by atoms with van der Waals surface area (Å²) in [7, 11) is 0. The Morgan fingerprint density at radius 1 is 1.23 bits per heavy atom. The fourth-order valence-corrected chi connectivity index (χ4v) is 1.43. The molecule has 0 atom stereocenters. The first-order valence-corrected chi connectivity index (χ1v) is 4.24. The Balaban J connectivity index is 2.53. The molecule has 1 radical (unpaired) electrons. The molecule has 65 valence electrons. The third-order valence-electron chi connectivity index (χ3n) is 1.93. The van der Waals surface area contributed by atoms with E-state index < -0.39 is 0 Å². The molecule has 0 spiro atoms. The largest absolute Gasteiger partial charge is 0.306 e. The van der Waals surface area contributed by atoms with Gasteiger partial charge in [-0.1, -0.05) is 0 Å². The molecule has 0 N–H and O–H groups in total. The molecule has 2 aromatic rings. The van der Waals surface area contributed by atoms with E-state index in [1.165, 1.54) is 0 Å². The summed E-state index contributed by atoms with van der Waals surface area (Å²) in [6.45, 7) is 4.10. The average molecular weight is 171 g/mol. The molecule has 0 aliphatic rings. The third kappa shape index (κ3) is 1.61. The molecule has 0 unspecified atom stereocenters. The number of benzene rings is 1. The standard InChI is InChI=1S/C11H11N2/c1-9-5-10(2)7-11(6-9)13-4-3-12-8-13/h3-4,6-8H,1-2H3. The first kappa shape index (κ1) is 8.05. The molecule has 0 saturated heterocycles. The van der Waals surface area contributed by atoms with E-state index in [1.54, 1.807) is 12.5 Å². The van der Waals surface area contributed by atoms with Crippen LogP contribution in [-0.2, 0) is 0 Å². The second kappa shape index (κ2) is 3.05. The van der Waals surface area contributed by atoms with Gasteiger partial charge in [-0.15, -0.1) is 0 Å². The lowest BCUT2D eigenvalue weighted by atomic mass is 10.1. The van der Waals surface area contributed by atoms with E-state index >= 15 is 0 Å². The highest BCUT2D eigenvalue weighted by Crippen LogP contribution is 2.11. The van der Waals surface area contributed by atoms with Crippen LogP contribution in [0.2, 0.25) is 0 Å². The van der Waals surface area contributed by atoms with E-state index in [9.17, 15) is 0 Å². The van der Waals surface area contributed by atoms with Crippen molar-refractivity contribution in [2.24, 2.45) is 0 Å². The Kier molecular flexibility index (Phi) is 1.89. The van der Waals surface area contributed by atoms with Crippen LogP contribution in [0.15, 0.2) is 30.9 Å². The highest BCUT2D eigenvalue weighted by atomic mass is 15.0. The lowest BCUT2D eigenvalue weighted by Gasteiger charge is -2.04. The van der Waals surface area contributed by atoms with Crippen LogP contribution in [0.3, 0.4) is 0 Å². The monoisotopic (exact) mass is 171 g/mol. The van der Waals surface area contributed by atoms with Gasteiger partial charge in [0.05, 0.1) is 6.33 Å². The Hall–Kier alpha value is -1.57. The van der Waals surface area contributed by atoms with Crippen molar-refractivity contribution in [2.45, 2.75) is 13.8 Å². The minimum absolute atomic E-state index is 1.14. The third-order valence-corrected chi connectivity index (χ3v) is 1.93. The molecule has 2 rings (SSSR count). The number of nitrogens with zero attached hydrogens (tertiary/aromatic N) is 2. The van der Waals surface area contributed by atoms with Crippen molar-refractivity contribution in [3.8, 4) is 5.69 Å². The van der Waals surface area contributed by atoms with Gasteiger partial charge in [-0.2, -0.15) is 0 Å². The molecule has 0 bridgehead atoms. The smallest absolute Gasteiger partial charge is 0.0991 e. The molecule has 13 heavy (non-hydrogen) atoms. The predicted molar refractivity (Wildman–Crippen MR) is 51.9 cm³/mol. The normalized spacial score (nSPS) is 10.3. The topological polar surface area (TPSA) is 17.8 Å². The van der Waals surface area contributed by atoms with Crippen molar-refractivity contribution in [1.29, 1.82) is 0 Å². The zero-order chi connectivity index (χ0) is 9.26. The first-order valence-electron chi connectivity index (χ1n) is 4.24. The van der Waals surface area contributed by atoms with Gasteiger partial charge >= 0.3 is 0 Å². The summed E-state index contributed by atoms with van der Waals surface area (Å²) in [5.74, 6) is 0. The highest BCUT2D eigenvalue weighted by molar-refractivity contribution is 5.38. The summed E-state index contributed by atoms with van der Waals surface area (Å²) in [4.78, 5) is 4.01. The lowest BCUT2D eigenvalue weighted by Crippen LogP contribution is -1.91. The van der Waals surface area contributed by atoms with Crippen molar-refractivity contribution < 1.29 is 0 Å². The lowest BCUT2D eigenvalue weighted by molar-refractivity contribution is 1.05. The van der Waals surface area contributed by atoms with Crippen LogP contribution < -0.4 is 0 Å². The Labute approximate surface area is 77.9 Å². The summed E-state index contributed by atoms with van der Waals surface area (Å²) in [6.07, 6.45) is 5.52. The molecule has 0 aliphatic carbocycles. The number of hydrogen-bond donors (Lipinski definition) is 0. The van der Waals surface area contributed by atoms with E-state index in [1.807, 2.05) is 24.6 Å². The van der Waals surface area contributed by atoms with Crippen LogP contribution in [0.4, 0.5) is 0 Å². The van der Waals surface area contributed by atoms with Gasteiger partial charge in [0.2, 0.25) is 0 Å². The molecule has 1 aromatic heterocycles. The number of aryl methyl sites for hydroxylation is 2. The van der Waals surface area contributed by atoms with Crippen LogP contribution in [0.5, 0.6) is 0 Å². The molecule has 0 fully saturated rings. The SMILES string of the molecule is Cc1[c]c(C)cc(-n2ccnc2)c1. The summed E-state index contributed by atoms with van der Waals surface area (Å²) >= 11 is 0. The fourth-order valence-electron chi connectivity index (χ4n) is 1.43. The molecular weight excluding hydrogens is 160 g/mol. The number of imidazole rings is 1. The van der Waals surface area contributed by atoms with E-state index in [2.05, 4.69) is 23.2 Å². The molecule has 1 heterocycles. The first-order chi connectivity index (χ1) is 6.25. The summed E-state index contributed by atoms with van der Waals surface area (Å²) < 4.78 is 1.99. The minimum Gasteiger partial charge on any atom is -0.306 e. The van der Waals surface area contributed by atoms with E-state index in [4.69, 9.17) is 0 Å². The Bertz CT molecular complexity index is 382. The van der Waals surface area contributed by atoms with Gasteiger partial charge in [0, 0.05) is 18.1 Å². The fraction of sp³-hybridized carbons (Fsp3) is 0.182. The summed E-state index contributed by atoms with van der Waals surface area (Å²) in [6, 6.07) is 7.42. The predicted octanol–water partition coefficient (Wildman–Crippen LogP) is 2.29. The van der Waals surface area contributed by atoms with Gasteiger partial charge in [-0.3, -0.25) is 0 Å². The molecule has 2 heteroatoms. The van der Waals surface area contributed by atoms with E-state index in [-0.39, 0.29) is 0 Å². The number of aromatic nitrogens is 2. The van der Waals surface area contributed by atoms with Gasteiger partial charge in [0.1, 0.15) is 0 Å². The summed E-state index contributed by atoms with van der Waals surface area (Å²) in [5, 5.41) is 0. The second-order valence-electron chi connectivity index (χ2n) is 3.17. The van der Waals surface area contributed by atoms with Crippen molar-refractivity contribution in [2.75, 3.05) is 0 Å². The van der Waals surface area contributed by atoms with Crippen LogP contribution in [0.1, 0.15) is 11.1 Å². The summed E-state index contributed by atoms with van der Waals surface area (Å²) in [5.41, 5.74) is 3.46. The van der Waals surface area contributed by atoms with Crippen molar-refractivity contribution in [3.05, 3.63) is 48.0 Å². The van der Waals surface area contributed by atoms with Gasteiger partial charge in [0.25, 0.3) is 0 Å². The van der Waals surface area contributed by atoms with Gasteiger partial charge in [0.15, 0.2) is 0 Å². The highest BCUT2D eigenvalue weighted by Gasteiger charge is 1.97. The zero-order valence-corrected chi connectivity index (χ0v) is 7.78. The molecule has 1 aromatic carbocycles. The quantitative estimate of drug-likeness (QED) is 0.643. The Morgan fingerprint density at radius 3 is 2.46 bits per heavy atom. The molecule has 0 aliphatic heterocycles. The maximum Gasteiger partial charge on any atom is 0.0991 e. The van der Waals surface area contributed by atoms with Crippen LogP contribution in [0, 0.1) is 19.9 Å². The van der Waals surface area contributed by atoms with Gasteiger partial charge in [-0.05, 0) is 43.2 Å². The molecule has 0 amide bonds. The van der Waals surface area contributed by atoms with Crippen molar-refractivity contribution in [3.63, 3.8) is 0 Å². The Morgan fingerprint density at radius 2 is 1.92 bits per heavy atom. The maximum atomic E-state index is 4.01. The molecule has 0 saturated carbocycles. The number of rotatable bonds is 1. The maximum absolute atomic E-state index is 4.01. The minimum atomic E-state index is 1.14. The molecule has 2 nitrogen and oxygen atoms in total. The van der Waals surface area contributed by atoms with E-state index in [0.29, 0.717) is 0 Å². The average Bonchev–Trinajstić information content (AvgIpc) is 2.53. The number of hydrogen-bond acceptors (Lipinski definition) is 1. The van der Waals surface area contributed by atoms with Crippen molar-refractivity contribution >= 4 is 0 Å². The second-order valence-corrected chi connectivity index (χ2v) is 3.17. The van der Waals surface area contributed by atoms with E-state index in [0.717, 1.165) is 16.8 Å². The van der Waals surface area contributed by atoms with Crippen molar-refractivity contribution in [1.82, 2.24) is 9.55 Å². The van der Waals surface area contributed by atoms with Crippen LogP contribution in [-0.4, -0.2) is 9.55 Å². The van der Waals surface area contributed by atoms with Crippen LogP contribution in [0.25, 0.3) is 5.69 Å². The molecular formula is C11H11N2. The van der Waals surface area contributed by atoms with Gasteiger partial charge in [-0.25, -0.2) is 4.98 Å².